The molecule has 2 aromatic heterocycles. The zero-order chi connectivity index (χ0) is 16.5. The Kier molecular flexibility index (Phi) is 2.29. The van der Waals surface area contributed by atoms with Crippen LogP contribution in [-0.2, 0) is 7.05 Å². The third kappa shape index (κ3) is 1.48. The number of imidazole rings is 2. The van der Waals surface area contributed by atoms with Gasteiger partial charge in [0, 0.05) is 17.8 Å². The van der Waals surface area contributed by atoms with Crippen molar-refractivity contribution in [2.24, 2.45) is 7.05 Å². The van der Waals surface area contributed by atoms with Crippen LogP contribution in [0.25, 0.3) is 49.4 Å². The van der Waals surface area contributed by atoms with Gasteiger partial charge in [0.2, 0.25) is 5.78 Å². The van der Waals surface area contributed by atoms with Gasteiger partial charge in [-0.15, -0.1) is 0 Å². The van der Waals surface area contributed by atoms with Gasteiger partial charge in [-0.1, -0.05) is 60.7 Å². The molecule has 3 heteroatoms. The zero-order valence-electron chi connectivity index (χ0n) is 13.8. The summed E-state index contributed by atoms with van der Waals surface area (Å²) in [5.74, 6) is 0.984. The van der Waals surface area contributed by atoms with E-state index < -0.39 is 0 Å². The molecule has 0 aliphatic rings. The predicted molar refractivity (Wildman–Crippen MR) is 104 cm³/mol. The summed E-state index contributed by atoms with van der Waals surface area (Å²) in [4.78, 5) is 5.06. The molecule has 118 valence electrons. The lowest BCUT2D eigenvalue weighted by molar-refractivity contribution is 0.974. The van der Waals surface area contributed by atoms with E-state index in [-0.39, 0.29) is 0 Å². The van der Waals surface area contributed by atoms with E-state index in [0.717, 1.165) is 11.3 Å². The topological polar surface area (TPSA) is 22.2 Å². The van der Waals surface area contributed by atoms with Crippen molar-refractivity contribution in [1.82, 2.24) is 14.0 Å². The summed E-state index contributed by atoms with van der Waals surface area (Å²) >= 11 is 0. The molecule has 3 nitrogen and oxygen atoms in total. The van der Waals surface area contributed by atoms with Crippen LogP contribution in [0.5, 0.6) is 0 Å². The van der Waals surface area contributed by atoms with Gasteiger partial charge >= 0.3 is 0 Å². The van der Waals surface area contributed by atoms with E-state index in [0.29, 0.717) is 0 Å². The number of aryl methyl sites for hydroxylation is 1. The molecule has 0 amide bonds. The summed E-state index contributed by atoms with van der Waals surface area (Å²) in [6, 6.07) is 25.7. The summed E-state index contributed by atoms with van der Waals surface area (Å²) < 4.78 is 4.48. The highest BCUT2D eigenvalue weighted by Crippen LogP contribution is 2.36. The minimum absolute atomic E-state index is 0.984. The lowest BCUT2D eigenvalue weighted by Gasteiger charge is -2.06. The van der Waals surface area contributed by atoms with Crippen LogP contribution in [0.2, 0.25) is 0 Å². The van der Waals surface area contributed by atoms with E-state index in [2.05, 4.69) is 88.8 Å². The van der Waals surface area contributed by atoms with Gasteiger partial charge in [0.1, 0.15) is 0 Å². The molecule has 6 aromatic rings. The zero-order valence-corrected chi connectivity index (χ0v) is 13.8. The highest BCUT2D eigenvalue weighted by molar-refractivity contribution is 6.24. The van der Waals surface area contributed by atoms with Crippen molar-refractivity contribution in [3.8, 4) is 0 Å². The molecule has 25 heavy (non-hydrogen) atoms. The minimum Gasteiger partial charge on any atom is -0.313 e. The molecule has 0 aliphatic heterocycles. The molecule has 4 aromatic carbocycles. The maximum absolute atomic E-state index is 5.06. The van der Waals surface area contributed by atoms with Crippen LogP contribution in [0.15, 0.2) is 72.8 Å². The van der Waals surface area contributed by atoms with Crippen molar-refractivity contribution in [2.75, 3.05) is 0 Å². The highest BCUT2D eigenvalue weighted by Gasteiger charge is 2.18. The summed E-state index contributed by atoms with van der Waals surface area (Å²) in [5.41, 5.74) is 4.67. The maximum atomic E-state index is 5.06. The first-order valence-electron chi connectivity index (χ1n) is 8.49. The van der Waals surface area contributed by atoms with Crippen molar-refractivity contribution in [2.45, 2.75) is 0 Å². The third-order valence-electron chi connectivity index (χ3n) is 5.30. The second-order valence-corrected chi connectivity index (χ2v) is 6.58. The summed E-state index contributed by atoms with van der Waals surface area (Å²) in [7, 11) is 2.09. The summed E-state index contributed by atoms with van der Waals surface area (Å²) in [5, 5.41) is 5.00. The van der Waals surface area contributed by atoms with Crippen molar-refractivity contribution in [1.29, 1.82) is 0 Å². The molecule has 2 heterocycles. The Labute approximate surface area is 143 Å². The Morgan fingerprint density at radius 2 is 1.20 bits per heavy atom. The number of benzene rings is 4. The van der Waals surface area contributed by atoms with Gasteiger partial charge in [0.15, 0.2) is 0 Å². The molecule has 0 radical (unpaired) electrons. The first-order valence-corrected chi connectivity index (χ1v) is 8.49. The number of hydrogen-bond donors (Lipinski definition) is 0. The molecular formula is C22H15N3. The largest absolute Gasteiger partial charge is 0.313 e. The van der Waals surface area contributed by atoms with Crippen molar-refractivity contribution in [3.63, 3.8) is 0 Å². The lowest BCUT2D eigenvalue weighted by atomic mass is 10.00. The van der Waals surface area contributed by atoms with Crippen LogP contribution < -0.4 is 0 Å². The Morgan fingerprint density at radius 3 is 1.96 bits per heavy atom. The van der Waals surface area contributed by atoms with E-state index in [1.807, 2.05) is 0 Å². The van der Waals surface area contributed by atoms with Gasteiger partial charge in [0.25, 0.3) is 0 Å². The number of rotatable bonds is 0. The number of para-hydroxylation sites is 2. The normalized spacial score (nSPS) is 12.2. The first-order chi connectivity index (χ1) is 12.3. The maximum Gasteiger partial charge on any atom is 0.215 e. The van der Waals surface area contributed by atoms with Crippen LogP contribution in [-0.4, -0.2) is 14.0 Å². The molecular weight excluding hydrogens is 306 g/mol. The van der Waals surface area contributed by atoms with Gasteiger partial charge in [-0.2, -0.15) is 0 Å². The molecule has 0 saturated carbocycles. The van der Waals surface area contributed by atoms with Crippen molar-refractivity contribution in [3.05, 3.63) is 72.8 Å². The van der Waals surface area contributed by atoms with Gasteiger partial charge in [0.05, 0.1) is 22.1 Å². The molecule has 0 N–H and O–H groups in total. The van der Waals surface area contributed by atoms with E-state index in [9.17, 15) is 0 Å². The first kappa shape index (κ1) is 13.0. The van der Waals surface area contributed by atoms with E-state index in [1.165, 1.54) is 38.1 Å². The molecule has 0 saturated heterocycles. The number of fused-ring (bicyclic) bond motifs is 10. The number of nitrogens with zero attached hydrogens (tertiary/aromatic N) is 3. The van der Waals surface area contributed by atoms with Gasteiger partial charge in [-0.25, -0.2) is 4.98 Å². The SMILES string of the molecule is Cn1c2ccccc2n2c3c4ccccc4c4ccccc4c3nc12. The van der Waals surface area contributed by atoms with Crippen LogP contribution in [0.1, 0.15) is 0 Å². The van der Waals surface area contributed by atoms with Gasteiger partial charge in [-0.05, 0) is 22.9 Å². The second-order valence-electron chi connectivity index (χ2n) is 6.58. The smallest absolute Gasteiger partial charge is 0.215 e. The van der Waals surface area contributed by atoms with Crippen molar-refractivity contribution >= 4 is 49.4 Å². The molecule has 0 bridgehead atoms. The molecule has 0 fully saturated rings. The summed E-state index contributed by atoms with van der Waals surface area (Å²) in [6.07, 6.45) is 0. The Bertz CT molecular complexity index is 1450. The Hall–Kier alpha value is -3.33. The average molecular weight is 321 g/mol. The molecule has 6 rings (SSSR count). The standard InChI is InChI=1S/C22H15N3/c1-24-18-12-6-7-13-19(18)25-21-17-11-5-3-9-15(17)14-8-2-4-10-16(14)20(21)23-22(24)25/h2-13H,1H3. The van der Waals surface area contributed by atoms with E-state index >= 15 is 0 Å². The second kappa shape index (κ2) is 4.39. The molecule has 0 unspecified atom stereocenters. The van der Waals surface area contributed by atoms with Crippen LogP contribution in [0.3, 0.4) is 0 Å². The van der Waals surface area contributed by atoms with Crippen LogP contribution >= 0.6 is 0 Å². The molecule has 0 spiro atoms. The Morgan fingerprint density at radius 1 is 0.640 bits per heavy atom. The minimum atomic E-state index is 0.984. The monoisotopic (exact) mass is 321 g/mol. The predicted octanol–water partition coefficient (Wildman–Crippen LogP) is 5.29. The van der Waals surface area contributed by atoms with Crippen LogP contribution in [0.4, 0.5) is 0 Å². The van der Waals surface area contributed by atoms with Gasteiger partial charge in [-0.3, -0.25) is 4.40 Å². The van der Waals surface area contributed by atoms with Gasteiger partial charge < -0.3 is 4.57 Å². The fourth-order valence-corrected chi connectivity index (χ4v) is 4.19. The quantitative estimate of drug-likeness (QED) is 0.349. The van der Waals surface area contributed by atoms with Crippen LogP contribution in [0, 0.1) is 0 Å². The number of aromatic nitrogens is 3. The average Bonchev–Trinajstić information content (AvgIpc) is 3.19. The lowest BCUT2D eigenvalue weighted by Crippen LogP contribution is -1.87. The third-order valence-corrected chi connectivity index (χ3v) is 5.30. The van der Waals surface area contributed by atoms with Crippen molar-refractivity contribution < 1.29 is 0 Å². The fraction of sp³-hybridized carbons (Fsp3) is 0.0455. The Balaban J connectivity index is 2.06. The molecule has 0 aliphatic carbocycles. The summed E-state index contributed by atoms with van der Waals surface area (Å²) in [6.45, 7) is 0. The van der Waals surface area contributed by atoms with E-state index in [1.54, 1.807) is 0 Å². The molecule has 0 atom stereocenters. The number of hydrogen-bond acceptors (Lipinski definition) is 1. The van der Waals surface area contributed by atoms with E-state index in [4.69, 9.17) is 4.98 Å². The highest BCUT2D eigenvalue weighted by atomic mass is 15.2. The fourth-order valence-electron chi connectivity index (χ4n) is 4.19.